The second kappa shape index (κ2) is 15.6. The summed E-state index contributed by atoms with van der Waals surface area (Å²) in [4.78, 5) is 44.0. The molecule has 0 saturated heterocycles. The highest BCUT2D eigenvalue weighted by atomic mass is 32.1. The Morgan fingerprint density at radius 1 is 1.04 bits per heavy atom. The molecular weight excluding hydrogens is 721 g/mol. The van der Waals surface area contributed by atoms with Crippen LogP contribution in [0.3, 0.4) is 0 Å². The lowest BCUT2D eigenvalue weighted by Crippen LogP contribution is -2.43. The summed E-state index contributed by atoms with van der Waals surface area (Å²) in [7, 11) is 2.07. The number of fused-ring (bicyclic) bond motifs is 3. The molecule has 2 aromatic carbocycles. The molecule has 2 bridgehead atoms. The molecule has 1 amide bonds. The molecule has 5 unspecified atom stereocenters. The van der Waals surface area contributed by atoms with Crippen molar-refractivity contribution >= 4 is 56.1 Å². The Morgan fingerprint density at radius 3 is 2.46 bits per heavy atom. The van der Waals surface area contributed by atoms with Crippen LogP contribution in [0.1, 0.15) is 56.6 Å². The first-order valence-corrected chi connectivity index (χ1v) is 20.0. The lowest BCUT2D eigenvalue weighted by atomic mass is 9.96. The van der Waals surface area contributed by atoms with Crippen LogP contribution in [0, 0.1) is 11.8 Å². The lowest BCUT2D eigenvalue weighted by Gasteiger charge is -2.31. The summed E-state index contributed by atoms with van der Waals surface area (Å²) in [6.07, 6.45) is 2.39. The smallest absolute Gasteiger partial charge is 0.349 e. The zero-order chi connectivity index (χ0) is 36.4. The first kappa shape index (κ1) is 36.5. The van der Waals surface area contributed by atoms with Crippen LogP contribution >= 0.6 is 34.0 Å². The van der Waals surface area contributed by atoms with Crippen molar-refractivity contribution in [2.75, 3.05) is 33.2 Å². The molecule has 2 fully saturated rings. The number of benzene rings is 2. The Kier molecular flexibility index (Phi) is 10.9. The molecule has 6 N–H and O–H groups in total. The van der Waals surface area contributed by atoms with Gasteiger partial charge in [-0.2, -0.15) is 0 Å². The Bertz CT molecular complexity index is 2010. The van der Waals surface area contributed by atoms with Crippen LogP contribution in [0.15, 0.2) is 76.2 Å². The Labute approximate surface area is 312 Å². The molecule has 274 valence electrons. The normalized spacial score (nSPS) is 20.5. The number of aromatic nitrogens is 1. The van der Waals surface area contributed by atoms with Crippen LogP contribution in [0.5, 0.6) is 5.75 Å². The SMILES string of the molecule is CN(CCNC(=O)c1ccc(CCNCC(O)c2ccc(O)c3[nH]c(=O)sc23)cc1)C1C2CCC1C(OC(=O)C(O)(c1cccs1)c1cccs1)C2. The molecular formula is C38H42N4O7S3. The third kappa shape index (κ3) is 7.33. The van der Waals surface area contributed by atoms with Crippen molar-refractivity contribution < 1.29 is 29.6 Å². The number of ether oxygens (including phenoxy) is 1. The lowest BCUT2D eigenvalue weighted by molar-refractivity contribution is -0.170. The number of carbonyl (C=O) groups is 2. The number of aromatic hydroxyl groups is 1. The second-order valence-corrected chi connectivity index (χ2v) is 16.5. The predicted molar refractivity (Wildman–Crippen MR) is 203 cm³/mol. The molecule has 3 aromatic heterocycles. The number of nitrogens with one attached hydrogen (secondary N) is 3. The third-order valence-corrected chi connectivity index (χ3v) is 13.4. The van der Waals surface area contributed by atoms with Crippen molar-refractivity contribution in [1.29, 1.82) is 0 Å². The Balaban J connectivity index is 0.852. The van der Waals surface area contributed by atoms with Crippen molar-refractivity contribution in [2.45, 2.75) is 49.5 Å². The average Bonchev–Trinajstić information content (AvgIpc) is 3.99. The van der Waals surface area contributed by atoms with Crippen molar-refractivity contribution in [1.82, 2.24) is 20.5 Å². The summed E-state index contributed by atoms with van der Waals surface area (Å²) in [6.45, 7) is 2.02. The summed E-state index contributed by atoms with van der Waals surface area (Å²) >= 11 is 3.64. The van der Waals surface area contributed by atoms with E-state index in [4.69, 9.17) is 4.74 Å². The number of aliphatic hydroxyl groups excluding tert-OH is 1. The number of phenols is 1. The van der Waals surface area contributed by atoms with Gasteiger partial charge >= 0.3 is 10.8 Å². The van der Waals surface area contributed by atoms with E-state index in [9.17, 15) is 29.7 Å². The zero-order valence-corrected chi connectivity index (χ0v) is 31.1. The fraction of sp³-hybridized carbons (Fsp3) is 0.395. The molecule has 2 aliphatic rings. The standard InChI is InChI=1S/C38H42N4O7S3/c1-42(33-24-10-11-26(33)29(20-24)49-36(46)38(48,30-4-2-18-50-30)31-5-3-19-51-31)17-16-40-35(45)23-8-6-22(7-9-23)14-15-39-21-28(44)25-12-13-27(43)32-34(25)52-37(47)41-32/h2-9,12-13,18-19,24,26,28-29,33,39,43-44,48H,10-11,14-17,20-21H2,1H3,(H,40,45)(H,41,47). The summed E-state index contributed by atoms with van der Waals surface area (Å²) in [5.74, 6) is -0.221. The molecule has 5 atom stereocenters. The van der Waals surface area contributed by atoms with Gasteiger partial charge in [0.1, 0.15) is 17.4 Å². The number of amides is 1. The Hall–Kier alpha value is -3.89. The number of nitrogens with zero attached hydrogens (tertiary/aromatic N) is 1. The van der Waals surface area contributed by atoms with Gasteiger partial charge in [-0.25, -0.2) is 4.79 Å². The molecule has 7 rings (SSSR count). The molecule has 0 radical (unpaired) electrons. The molecule has 0 spiro atoms. The predicted octanol–water partition coefficient (Wildman–Crippen LogP) is 4.59. The monoisotopic (exact) mass is 762 g/mol. The maximum Gasteiger partial charge on any atom is 0.349 e. The minimum absolute atomic E-state index is 0.0245. The number of thiophene rings is 2. The van der Waals surface area contributed by atoms with Gasteiger partial charge in [-0.15, -0.1) is 22.7 Å². The number of likely N-dealkylation sites (N-methyl/N-ethyl adjacent to an activating group) is 1. The number of hydrogen-bond donors (Lipinski definition) is 6. The highest BCUT2D eigenvalue weighted by Gasteiger charge is 2.53. The second-order valence-electron chi connectivity index (χ2n) is 13.6. The van der Waals surface area contributed by atoms with E-state index >= 15 is 0 Å². The maximum absolute atomic E-state index is 13.6. The fourth-order valence-electron chi connectivity index (χ4n) is 7.87. The minimum atomic E-state index is -1.81. The van der Waals surface area contributed by atoms with Crippen molar-refractivity contribution in [3.8, 4) is 5.75 Å². The number of esters is 1. The molecule has 11 nitrogen and oxygen atoms in total. The maximum atomic E-state index is 13.6. The number of carbonyl (C=O) groups excluding carboxylic acids is 2. The Morgan fingerprint density at radius 2 is 1.77 bits per heavy atom. The summed E-state index contributed by atoms with van der Waals surface area (Å²) in [5, 5.41) is 42.4. The van der Waals surface area contributed by atoms with E-state index < -0.39 is 17.7 Å². The van der Waals surface area contributed by atoms with Gasteiger partial charge < -0.3 is 40.6 Å². The van der Waals surface area contributed by atoms with E-state index in [0.29, 0.717) is 63.1 Å². The van der Waals surface area contributed by atoms with Gasteiger partial charge in [0, 0.05) is 42.7 Å². The highest BCUT2D eigenvalue weighted by Crippen LogP contribution is 2.49. The van der Waals surface area contributed by atoms with Crippen LogP contribution in [-0.2, 0) is 21.6 Å². The molecule has 3 heterocycles. The van der Waals surface area contributed by atoms with Crippen molar-refractivity contribution in [2.24, 2.45) is 11.8 Å². The van der Waals surface area contributed by atoms with E-state index in [0.717, 1.165) is 36.2 Å². The number of hydrogen-bond acceptors (Lipinski definition) is 12. The number of thiazole rings is 1. The fourth-order valence-corrected chi connectivity index (χ4v) is 10.5. The highest BCUT2D eigenvalue weighted by molar-refractivity contribution is 7.16. The number of aromatic amines is 1. The molecule has 52 heavy (non-hydrogen) atoms. The number of rotatable bonds is 15. The summed E-state index contributed by atoms with van der Waals surface area (Å²) < 4.78 is 6.67. The van der Waals surface area contributed by atoms with Gasteiger partial charge in [-0.1, -0.05) is 41.7 Å². The third-order valence-electron chi connectivity index (χ3n) is 10.5. The zero-order valence-electron chi connectivity index (χ0n) is 28.6. The van der Waals surface area contributed by atoms with Gasteiger partial charge in [0.05, 0.1) is 20.6 Å². The van der Waals surface area contributed by atoms with Crippen LogP contribution in [-0.4, -0.2) is 82.5 Å². The minimum Gasteiger partial charge on any atom is -0.506 e. The van der Waals surface area contributed by atoms with E-state index in [1.807, 2.05) is 47.2 Å². The molecule has 5 aromatic rings. The first-order valence-electron chi connectivity index (χ1n) is 17.5. The largest absolute Gasteiger partial charge is 0.506 e. The van der Waals surface area contributed by atoms with E-state index in [-0.39, 0.29) is 41.1 Å². The first-order chi connectivity index (χ1) is 25.1. The molecule has 2 aliphatic carbocycles. The molecule has 14 heteroatoms. The quantitative estimate of drug-likeness (QED) is 0.0662. The van der Waals surface area contributed by atoms with Crippen LogP contribution in [0.2, 0.25) is 0 Å². The number of aliphatic hydroxyl groups is 2. The summed E-state index contributed by atoms with van der Waals surface area (Å²) in [6, 6.07) is 18.0. The van der Waals surface area contributed by atoms with Crippen LogP contribution in [0.25, 0.3) is 10.2 Å². The van der Waals surface area contributed by atoms with Crippen molar-refractivity contribution in [3.63, 3.8) is 0 Å². The topological polar surface area (TPSA) is 164 Å². The van der Waals surface area contributed by atoms with E-state index in [1.165, 1.54) is 28.7 Å². The van der Waals surface area contributed by atoms with E-state index in [1.54, 1.807) is 18.2 Å². The van der Waals surface area contributed by atoms with Gasteiger partial charge in [0.15, 0.2) is 0 Å². The molecule has 0 aliphatic heterocycles. The van der Waals surface area contributed by atoms with Crippen molar-refractivity contribution in [3.05, 3.63) is 108 Å². The van der Waals surface area contributed by atoms with E-state index in [2.05, 4.69) is 27.6 Å². The average molecular weight is 763 g/mol. The van der Waals surface area contributed by atoms with Gasteiger partial charge in [0.2, 0.25) is 5.60 Å². The number of H-pyrrole nitrogens is 1. The molecule has 2 saturated carbocycles. The van der Waals surface area contributed by atoms with Crippen LogP contribution in [0.4, 0.5) is 0 Å². The van der Waals surface area contributed by atoms with Crippen LogP contribution < -0.4 is 15.5 Å². The number of phenolic OH excluding ortho intramolecular Hbond substituents is 1. The van der Waals surface area contributed by atoms with Gasteiger partial charge in [-0.3, -0.25) is 9.59 Å². The van der Waals surface area contributed by atoms with Gasteiger partial charge in [0.25, 0.3) is 5.91 Å². The van der Waals surface area contributed by atoms with Gasteiger partial charge in [-0.05, 0) is 91.8 Å². The summed E-state index contributed by atoms with van der Waals surface area (Å²) in [5.41, 5.74) is 0.734.